The summed E-state index contributed by atoms with van der Waals surface area (Å²) in [7, 11) is 1.74. The van der Waals surface area contributed by atoms with Crippen molar-refractivity contribution in [1.82, 2.24) is 5.32 Å². The van der Waals surface area contributed by atoms with Gasteiger partial charge in [0, 0.05) is 19.0 Å². The fourth-order valence-corrected chi connectivity index (χ4v) is 0.722. The van der Waals surface area contributed by atoms with E-state index in [1.807, 2.05) is 0 Å². The molecule has 0 aliphatic heterocycles. The summed E-state index contributed by atoms with van der Waals surface area (Å²) in [4.78, 5) is 15.1. The van der Waals surface area contributed by atoms with Gasteiger partial charge in [0.25, 0.3) is 0 Å². The molecule has 12 heavy (non-hydrogen) atoms. The molecule has 0 aliphatic carbocycles. The molecule has 0 radical (unpaired) electrons. The van der Waals surface area contributed by atoms with Crippen molar-refractivity contribution in [1.29, 1.82) is 0 Å². The van der Waals surface area contributed by atoms with Crippen LogP contribution in [0, 0.1) is 0 Å². The Morgan fingerprint density at radius 3 is 2.58 bits per heavy atom. The molecule has 4 nitrogen and oxygen atoms in total. The highest BCUT2D eigenvalue weighted by atomic mass is 16.1. The monoisotopic (exact) mass is 169 g/mol. The SMILES string of the molecule is C/C=N\C(C(=O)CN)=C(\C)NC. The lowest BCUT2D eigenvalue weighted by atomic mass is 10.2. The highest BCUT2D eigenvalue weighted by Crippen LogP contribution is 2.02. The van der Waals surface area contributed by atoms with Gasteiger partial charge in [-0.2, -0.15) is 0 Å². The molecule has 0 atom stereocenters. The molecule has 0 saturated heterocycles. The van der Waals surface area contributed by atoms with Crippen molar-refractivity contribution in [2.75, 3.05) is 13.6 Å². The van der Waals surface area contributed by atoms with Crippen LogP contribution >= 0.6 is 0 Å². The lowest BCUT2D eigenvalue weighted by Gasteiger charge is -2.04. The van der Waals surface area contributed by atoms with Gasteiger partial charge in [0.15, 0.2) is 5.78 Å². The summed E-state index contributed by atoms with van der Waals surface area (Å²) in [6.45, 7) is 3.54. The number of carbonyl (C=O) groups excluding carboxylic acids is 1. The first kappa shape index (κ1) is 10.8. The number of nitrogens with one attached hydrogen (secondary N) is 1. The molecule has 0 fully saturated rings. The van der Waals surface area contributed by atoms with Gasteiger partial charge < -0.3 is 11.1 Å². The van der Waals surface area contributed by atoms with Crippen LogP contribution in [0.2, 0.25) is 0 Å². The van der Waals surface area contributed by atoms with E-state index in [0.717, 1.165) is 5.70 Å². The molecule has 0 bridgehead atoms. The number of Topliss-reactive ketones (excluding diaryl/α,β-unsaturated/α-hetero) is 1. The average Bonchev–Trinajstić information content (AvgIpc) is 2.11. The molecular formula is C8H15N3O. The van der Waals surface area contributed by atoms with Crippen molar-refractivity contribution in [3.05, 3.63) is 11.4 Å². The molecule has 0 spiro atoms. The molecular weight excluding hydrogens is 154 g/mol. The van der Waals surface area contributed by atoms with Crippen LogP contribution in [0.1, 0.15) is 13.8 Å². The van der Waals surface area contributed by atoms with Crippen LogP contribution in [-0.2, 0) is 4.79 Å². The van der Waals surface area contributed by atoms with Crippen LogP contribution in [0.25, 0.3) is 0 Å². The minimum Gasteiger partial charge on any atom is -0.390 e. The second kappa shape index (κ2) is 5.49. The molecule has 4 heteroatoms. The van der Waals surface area contributed by atoms with Crippen molar-refractivity contribution in [2.45, 2.75) is 13.8 Å². The zero-order valence-corrected chi connectivity index (χ0v) is 7.72. The van der Waals surface area contributed by atoms with Crippen LogP contribution in [0.3, 0.4) is 0 Å². The van der Waals surface area contributed by atoms with Crippen molar-refractivity contribution in [3.8, 4) is 0 Å². The maximum absolute atomic E-state index is 11.2. The highest BCUT2D eigenvalue weighted by Gasteiger charge is 2.07. The first-order valence-electron chi connectivity index (χ1n) is 3.78. The fraction of sp³-hybridized carbons (Fsp3) is 0.500. The molecule has 0 aliphatic rings. The zero-order valence-electron chi connectivity index (χ0n) is 7.72. The summed E-state index contributed by atoms with van der Waals surface area (Å²) < 4.78 is 0. The smallest absolute Gasteiger partial charge is 0.196 e. The number of aliphatic imine (C=N–C) groups is 1. The lowest BCUT2D eigenvalue weighted by molar-refractivity contribution is -0.114. The minimum atomic E-state index is -0.153. The standard InChI is InChI=1S/C8H15N3O/c1-4-11-8(6(2)10-3)7(12)5-9/h4,10H,5,9H2,1-3H3/b8-6-,11-4-. The molecule has 0 aromatic carbocycles. The van der Waals surface area contributed by atoms with Crippen LogP contribution in [0.15, 0.2) is 16.4 Å². The van der Waals surface area contributed by atoms with E-state index in [9.17, 15) is 4.79 Å². The van der Waals surface area contributed by atoms with Crippen LogP contribution in [0.4, 0.5) is 0 Å². The van der Waals surface area contributed by atoms with Gasteiger partial charge in [-0.05, 0) is 13.8 Å². The van der Waals surface area contributed by atoms with Crippen molar-refractivity contribution < 1.29 is 4.79 Å². The Balaban J connectivity index is 4.77. The van der Waals surface area contributed by atoms with Crippen molar-refractivity contribution in [3.63, 3.8) is 0 Å². The van der Waals surface area contributed by atoms with Gasteiger partial charge in [-0.3, -0.25) is 9.79 Å². The van der Waals surface area contributed by atoms with E-state index in [0.29, 0.717) is 5.70 Å². The van der Waals surface area contributed by atoms with Crippen LogP contribution in [-0.4, -0.2) is 25.6 Å². The van der Waals surface area contributed by atoms with E-state index >= 15 is 0 Å². The molecule has 0 saturated carbocycles. The molecule has 0 heterocycles. The summed E-state index contributed by atoms with van der Waals surface area (Å²) in [6.07, 6.45) is 1.57. The fourth-order valence-electron chi connectivity index (χ4n) is 0.722. The Morgan fingerprint density at radius 1 is 1.67 bits per heavy atom. The summed E-state index contributed by atoms with van der Waals surface area (Å²) in [5.41, 5.74) is 6.35. The maximum atomic E-state index is 11.2. The van der Waals surface area contributed by atoms with E-state index in [1.165, 1.54) is 0 Å². The van der Waals surface area contributed by atoms with Crippen molar-refractivity contribution in [2.24, 2.45) is 10.7 Å². The molecule has 68 valence electrons. The first-order chi connectivity index (χ1) is 5.67. The van der Waals surface area contributed by atoms with E-state index in [-0.39, 0.29) is 12.3 Å². The molecule has 0 aromatic rings. The van der Waals surface area contributed by atoms with Crippen LogP contribution < -0.4 is 11.1 Å². The summed E-state index contributed by atoms with van der Waals surface area (Å²) in [5, 5.41) is 2.85. The first-order valence-corrected chi connectivity index (χ1v) is 3.78. The molecule has 0 aromatic heterocycles. The van der Waals surface area contributed by atoms with Gasteiger partial charge in [-0.25, -0.2) is 0 Å². The number of carbonyl (C=O) groups is 1. The van der Waals surface area contributed by atoms with E-state index in [1.54, 1.807) is 27.1 Å². The van der Waals surface area contributed by atoms with Gasteiger partial charge in [-0.15, -0.1) is 0 Å². The molecule has 0 rings (SSSR count). The number of nitrogens with zero attached hydrogens (tertiary/aromatic N) is 1. The quantitative estimate of drug-likeness (QED) is 0.462. The maximum Gasteiger partial charge on any atom is 0.196 e. The summed E-state index contributed by atoms with van der Waals surface area (Å²) >= 11 is 0. The third-order valence-corrected chi connectivity index (χ3v) is 1.44. The van der Waals surface area contributed by atoms with Crippen LogP contribution in [0.5, 0.6) is 0 Å². The second-order valence-corrected chi connectivity index (χ2v) is 2.24. The number of nitrogens with two attached hydrogens (primary N) is 1. The largest absolute Gasteiger partial charge is 0.390 e. The van der Waals surface area contributed by atoms with E-state index < -0.39 is 0 Å². The Morgan fingerprint density at radius 2 is 2.25 bits per heavy atom. The Kier molecular flexibility index (Phi) is 4.96. The Bertz CT molecular complexity index is 218. The second-order valence-electron chi connectivity index (χ2n) is 2.24. The molecule has 0 unspecified atom stereocenters. The number of hydrogen-bond acceptors (Lipinski definition) is 4. The zero-order chi connectivity index (χ0) is 9.56. The van der Waals surface area contributed by atoms with Gasteiger partial charge in [-0.1, -0.05) is 0 Å². The predicted octanol–water partition coefficient (Wildman–Crippen LogP) is 0.0558. The number of hydrogen-bond donors (Lipinski definition) is 2. The minimum absolute atomic E-state index is 0.00824. The topological polar surface area (TPSA) is 67.5 Å². The third kappa shape index (κ3) is 2.84. The number of rotatable bonds is 4. The van der Waals surface area contributed by atoms with E-state index in [4.69, 9.17) is 5.73 Å². The number of allylic oxidation sites excluding steroid dienone is 1. The Hall–Kier alpha value is -1.16. The Labute approximate surface area is 72.6 Å². The predicted molar refractivity (Wildman–Crippen MR) is 50.0 cm³/mol. The molecule has 3 N–H and O–H groups in total. The van der Waals surface area contributed by atoms with Gasteiger partial charge in [0.2, 0.25) is 0 Å². The average molecular weight is 169 g/mol. The summed E-state index contributed by atoms with van der Waals surface area (Å²) in [5.74, 6) is -0.153. The van der Waals surface area contributed by atoms with Gasteiger partial charge in [0.1, 0.15) is 5.70 Å². The van der Waals surface area contributed by atoms with E-state index in [2.05, 4.69) is 10.3 Å². The lowest BCUT2D eigenvalue weighted by Crippen LogP contribution is -2.19. The normalized spacial score (nSPS) is 13.0. The van der Waals surface area contributed by atoms with Gasteiger partial charge in [0.05, 0.1) is 6.54 Å². The van der Waals surface area contributed by atoms with Crippen molar-refractivity contribution >= 4 is 12.0 Å². The molecule has 0 amide bonds. The van der Waals surface area contributed by atoms with Gasteiger partial charge >= 0.3 is 0 Å². The number of ketones is 1. The third-order valence-electron chi connectivity index (χ3n) is 1.44. The summed E-state index contributed by atoms with van der Waals surface area (Å²) in [6, 6.07) is 0. The highest BCUT2D eigenvalue weighted by molar-refractivity contribution is 5.98.